The first-order valence-electron chi connectivity index (χ1n) is 14.1. The Balaban J connectivity index is 1.32. The first kappa shape index (κ1) is 29.0. The first-order chi connectivity index (χ1) is 19.5. The van der Waals surface area contributed by atoms with Gasteiger partial charge in [-0.05, 0) is 69.0 Å². The Bertz CT molecular complexity index is 1490. The van der Waals surface area contributed by atoms with Crippen molar-refractivity contribution in [3.8, 4) is 16.9 Å². The number of carbonyl (C=O) groups is 1. The van der Waals surface area contributed by atoms with Crippen LogP contribution < -0.4 is 19.1 Å². The SMILES string of the molecule is COc1cc(-c2cccc(N3CCN(C(=O)OC(C)(C)C)CC3)c2)cc2onc(NS(=O)(=O)NC3CCCCC3)c12. The van der Waals surface area contributed by atoms with Crippen LogP contribution in [0.2, 0.25) is 0 Å². The zero-order valence-electron chi connectivity index (χ0n) is 24.1. The van der Waals surface area contributed by atoms with Crippen LogP contribution in [0.5, 0.6) is 5.75 Å². The van der Waals surface area contributed by atoms with Crippen molar-refractivity contribution in [1.29, 1.82) is 0 Å². The smallest absolute Gasteiger partial charge is 0.410 e. The van der Waals surface area contributed by atoms with E-state index in [1.807, 2.05) is 51.1 Å². The van der Waals surface area contributed by atoms with Crippen LogP contribution in [0.15, 0.2) is 40.9 Å². The van der Waals surface area contributed by atoms with Gasteiger partial charge in [0.2, 0.25) is 0 Å². The quantitative estimate of drug-likeness (QED) is 0.390. The number of amides is 1. The summed E-state index contributed by atoms with van der Waals surface area (Å²) in [5, 5.41) is 4.47. The van der Waals surface area contributed by atoms with Crippen molar-refractivity contribution in [2.24, 2.45) is 0 Å². The third-order valence-corrected chi connectivity index (χ3v) is 8.50. The van der Waals surface area contributed by atoms with E-state index in [9.17, 15) is 13.2 Å². The van der Waals surface area contributed by atoms with E-state index >= 15 is 0 Å². The molecule has 1 saturated carbocycles. The van der Waals surface area contributed by atoms with Crippen LogP contribution in [0.3, 0.4) is 0 Å². The Kier molecular flexibility index (Phi) is 8.32. The molecule has 2 N–H and O–H groups in total. The number of nitrogens with zero attached hydrogens (tertiary/aromatic N) is 3. The number of carbonyl (C=O) groups excluding carboxylic acids is 1. The van der Waals surface area contributed by atoms with Crippen molar-refractivity contribution in [3.05, 3.63) is 36.4 Å². The zero-order valence-corrected chi connectivity index (χ0v) is 24.9. The molecular formula is C29H39N5O6S. The third-order valence-electron chi connectivity index (χ3n) is 7.39. The standard InChI is InChI=1S/C29H39N5O6S/c1-29(2,3)39-28(35)34-15-13-33(14-16-34)23-12-8-9-20(17-23)21-18-24(38-4)26-25(19-21)40-30-27(26)32-41(36,37)31-22-10-6-5-7-11-22/h8-9,12,17-19,22,31H,5-7,10-11,13-16H2,1-4H3,(H,30,32). The van der Waals surface area contributed by atoms with Crippen LogP contribution in [0.25, 0.3) is 22.1 Å². The summed E-state index contributed by atoms with van der Waals surface area (Å²) in [6.45, 7) is 8.12. The lowest BCUT2D eigenvalue weighted by atomic mass is 9.96. The van der Waals surface area contributed by atoms with Crippen LogP contribution >= 0.6 is 0 Å². The largest absolute Gasteiger partial charge is 0.496 e. The van der Waals surface area contributed by atoms with Gasteiger partial charge in [-0.15, -0.1) is 0 Å². The summed E-state index contributed by atoms with van der Waals surface area (Å²) < 4.78 is 47.6. The molecule has 1 amide bonds. The third kappa shape index (κ3) is 7.05. The summed E-state index contributed by atoms with van der Waals surface area (Å²) >= 11 is 0. The highest BCUT2D eigenvalue weighted by molar-refractivity contribution is 7.90. The molecule has 2 aromatic carbocycles. The predicted octanol–water partition coefficient (Wildman–Crippen LogP) is 5.14. The number of hydrogen-bond acceptors (Lipinski definition) is 8. The number of piperazine rings is 1. The van der Waals surface area contributed by atoms with Gasteiger partial charge in [-0.3, -0.25) is 4.72 Å². The lowest BCUT2D eigenvalue weighted by molar-refractivity contribution is 0.0240. The van der Waals surface area contributed by atoms with Crippen molar-refractivity contribution >= 4 is 38.8 Å². The molecule has 3 aromatic rings. The molecule has 1 aromatic heterocycles. The second-order valence-corrected chi connectivity index (χ2v) is 13.1. The molecule has 2 fully saturated rings. The van der Waals surface area contributed by atoms with Gasteiger partial charge in [-0.2, -0.15) is 13.1 Å². The molecule has 0 atom stereocenters. The lowest BCUT2D eigenvalue weighted by Gasteiger charge is -2.36. The highest BCUT2D eigenvalue weighted by atomic mass is 32.2. The van der Waals surface area contributed by atoms with Gasteiger partial charge in [0.25, 0.3) is 0 Å². The maximum atomic E-state index is 12.8. The summed E-state index contributed by atoms with van der Waals surface area (Å²) in [5.74, 6) is 0.536. The van der Waals surface area contributed by atoms with E-state index in [4.69, 9.17) is 14.0 Å². The minimum absolute atomic E-state index is 0.0829. The van der Waals surface area contributed by atoms with E-state index in [0.29, 0.717) is 42.9 Å². The summed E-state index contributed by atoms with van der Waals surface area (Å²) in [6, 6.07) is 11.7. The molecule has 11 nitrogen and oxygen atoms in total. The number of rotatable bonds is 7. The Labute approximate surface area is 241 Å². The molecule has 1 aliphatic carbocycles. The average Bonchev–Trinajstić information content (AvgIpc) is 3.34. The van der Waals surface area contributed by atoms with Crippen LogP contribution in [-0.2, 0) is 14.9 Å². The number of methoxy groups -OCH3 is 1. The number of benzene rings is 2. The number of anilines is 2. The molecule has 0 bridgehead atoms. The van der Waals surface area contributed by atoms with Crippen LogP contribution in [-0.4, -0.2) is 69.5 Å². The van der Waals surface area contributed by atoms with E-state index in [0.717, 1.165) is 48.9 Å². The maximum absolute atomic E-state index is 12.8. The Morgan fingerprint density at radius 1 is 1.02 bits per heavy atom. The molecule has 222 valence electrons. The second-order valence-electron chi connectivity index (χ2n) is 11.6. The normalized spacial score (nSPS) is 17.1. The van der Waals surface area contributed by atoms with Crippen LogP contribution in [0.4, 0.5) is 16.3 Å². The van der Waals surface area contributed by atoms with Crippen LogP contribution in [0.1, 0.15) is 52.9 Å². The fourth-order valence-electron chi connectivity index (χ4n) is 5.39. The number of fused-ring (bicyclic) bond motifs is 1. The second kappa shape index (κ2) is 11.8. The molecular weight excluding hydrogens is 546 g/mol. The summed E-state index contributed by atoms with van der Waals surface area (Å²) in [5.41, 5.74) is 2.70. The van der Waals surface area contributed by atoms with Gasteiger partial charge in [0.1, 0.15) is 16.7 Å². The van der Waals surface area contributed by atoms with E-state index in [-0.39, 0.29) is 18.0 Å². The van der Waals surface area contributed by atoms with Gasteiger partial charge in [0.15, 0.2) is 11.4 Å². The molecule has 1 aliphatic heterocycles. The molecule has 1 saturated heterocycles. The average molecular weight is 586 g/mol. The Morgan fingerprint density at radius 2 is 1.76 bits per heavy atom. The molecule has 2 aliphatic rings. The van der Waals surface area contributed by atoms with Gasteiger partial charge in [-0.1, -0.05) is 36.6 Å². The van der Waals surface area contributed by atoms with Crippen molar-refractivity contribution in [2.45, 2.75) is 64.5 Å². The maximum Gasteiger partial charge on any atom is 0.410 e. The van der Waals surface area contributed by atoms with Gasteiger partial charge < -0.3 is 23.8 Å². The van der Waals surface area contributed by atoms with E-state index in [1.165, 1.54) is 7.11 Å². The van der Waals surface area contributed by atoms with Gasteiger partial charge in [-0.25, -0.2) is 4.79 Å². The van der Waals surface area contributed by atoms with Crippen molar-refractivity contribution in [3.63, 3.8) is 0 Å². The Hall–Kier alpha value is -3.51. The summed E-state index contributed by atoms with van der Waals surface area (Å²) in [4.78, 5) is 16.4. The highest BCUT2D eigenvalue weighted by Gasteiger charge is 2.27. The molecule has 0 radical (unpaired) electrons. The van der Waals surface area contributed by atoms with Crippen molar-refractivity contribution in [1.82, 2.24) is 14.8 Å². The number of aromatic nitrogens is 1. The van der Waals surface area contributed by atoms with Crippen LogP contribution in [0, 0.1) is 0 Å². The molecule has 0 spiro atoms. The van der Waals surface area contributed by atoms with E-state index in [2.05, 4.69) is 25.6 Å². The fraction of sp³-hybridized carbons (Fsp3) is 0.517. The summed E-state index contributed by atoms with van der Waals surface area (Å²) in [6.07, 6.45) is 4.52. The molecule has 5 rings (SSSR count). The number of hydrogen-bond donors (Lipinski definition) is 2. The first-order valence-corrected chi connectivity index (χ1v) is 15.6. The van der Waals surface area contributed by atoms with Gasteiger partial charge in [0, 0.05) is 37.9 Å². The minimum Gasteiger partial charge on any atom is -0.496 e. The van der Waals surface area contributed by atoms with Crippen molar-refractivity contribution < 1.29 is 27.2 Å². The predicted molar refractivity (Wildman–Crippen MR) is 159 cm³/mol. The zero-order chi connectivity index (χ0) is 29.2. The molecule has 12 heteroatoms. The fourth-order valence-corrected chi connectivity index (χ4v) is 6.51. The molecule has 41 heavy (non-hydrogen) atoms. The molecule has 0 unspecified atom stereocenters. The van der Waals surface area contributed by atoms with Crippen molar-refractivity contribution in [2.75, 3.05) is 42.9 Å². The van der Waals surface area contributed by atoms with Gasteiger partial charge >= 0.3 is 16.3 Å². The van der Waals surface area contributed by atoms with E-state index in [1.54, 1.807) is 4.90 Å². The molecule has 2 heterocycles. The number of ether oxygens (including phenoxy) is 2. The number of nitrogens with one attached hydrogen (secondary N) is 2. The summed E-state index contributed by atoms with van der Waals surface area (Å²) in [7, 11) is -2.30. The highest BCUT2D eigenvalue weighted by Crippen LogP contribution is 2.38. The monoisotopic (exact) mass is 585 g/mol. The van der Waals surface area contributed by atoms with Gasteiger partial charge in [0.05, 0.1) is 7.11 Å². The Morgan fingerprint density at radius 3 is 2.44 bits per heavy atom. The van der Waals surface area contributed by atoms with E-state index < -0.39 is 15.8 Å². The minimum atomic E-state index is -3.84. The lowest BCUT2D eigenvalue weighted by Crippen LogP contribution is -2.50. The topological polar surface area (TPSA) is 126 Å².